The van der Waals surface area contributed by atoms with Crippen LogP contribution < -0.4 is 0 Å². The largest absolute Gasteiger partial charge is 0.466 e. The number of esters is 1. The molecule has 0 radical (unpaired) electrons. The first-order valence-electron chi connectivity index (χ1n) is 5.89. The van der Waals surface area contributed by atoms with Gasteiger partial charge in [-0.25, -0.2) is 0 Å². The van der Waals surface area contributed by atoms with Crippen LogP contribution in [0.15, 0.2) is 18.3 Å². The summed E-state index contributed by atoms with van der Waals surface area (Å²) in [7, 11) is 0. The standard InChI is InChI=1S/C13H14INO3/c1-2-18-13(17)9-6-8-4-3-5-15-11(8)12(16)10(9)7-14/h3-5,9-10H,2,6-7H2,1H3. The quantitative estimate of drug-likeness (QED) is 0.471. The van der Waals surface area contributed by atoms with E-state index in [2.05, 4.69) is 27.6 Å². The number of alkyl halides is 1. The number of carbonyl (C=O) groups is 2. The highest BCUT2D eigenvalue weighted by Gasteiger charge is 2.40. The van der Waals surface area contributed by atoms with Gasteiger partial charge in [0.05, 0.1) is 12.5 Å². The summed E-state index contributed by atoms with van der Waals surface area (Å²) in [6.45, 7) is 2.12. The van der Waals surface area contributed by atoms with Gasteiger partial charge in [-0.1, -0.05) is 28.7 Å². The van der Waals surface area contributed by atoms with E-state index in [1.807, 2.05) is 6.07 Å². The smallest absolute Gasteiger partial charge is 0.310 e. The maximum Gasteiger partial charge on any atom is 0.310 e. The molecule has 1 aromatic rings. The van der Waals surface area contributed by atoms with Crippen molar-refractivity contribution in [3.63, 3.8) is 0 Å². The lowest BCUT2D eigenvalue weighted by Crippen LogP contribution is -2.38. The van der Waals surface area contributed by atoms with E-state index in [1.165, 1.54) is 0 Å². The third kappa shape index (κ3) is 2.41. The number of ether oxygens (including phenoxy) is 1. The summed E-state index contributed by atoms with van der Waals surface area (Å²) in [4.78, 5) is 28.3. The number of rotatable bonds is 3. The molecule has 0 spiro atoms. The number of aromatic nitrogens is 1. The fourth-order valence-electron chi connectivity index (χ4n) is 2.24. The highest BCUT2D eigenvalue weighted by molar-refractivity contribution is 14.1. The molecule has 0 saturated heterocycles. The Hall–Kier alpha value is -0.980. The van der Waals surface area contributed by atoms with E-state index < -0.39 is 0 Å². The topological polar surface area (TPSA) is 56.3 Å². The van der Waals surface area contributed by atoms with Gasteiger partial charge >= 0.3 is 5.97 Å². The molecule has 0 amide bonds. The van der Waals surface area contributed by atoms with Gasteiger partial charge in [0, 0.05) is 16.5 Å². The first-order chi connectivity index (χ1) is 8.69. The maximum absolute atomic E-state index is 12.3. The third-order valence-corrected chi connectivity index (χ3v) is 4.09. The lowest BCUT2D eigenvalue weighted by atomic mass is 9.78. The van der Waals surface area contributed by atoms with Gasteiger partial charge < -0.3 is 4.74 Å². The van der Waals surface area contributed by atoms with Crippen molar-refractivity contribution >= 4 is 34.3 Å². The Bertz CT molecular complexity index is 475. The minimum Gasteiger partial charge on any atom is -0.466 e. The van der Waals surface area contributed by atoms with Gasteiger partial charge in [0.2, 0.25) is 0 Å². The maximum atomic E-state index is 12.3. The van der Waals surface area contributed by atoms with Crippen molar-refractivity contribution in [2.24, 2.45) is 11.8 Å². The van der Waals surface area contributed by atoms with Crippen LogP contribution >= 0.6 is 22.6 Å². The number of ketones is 1. The van der Waals surface area contributed by atoms with Gasteiger partial charge in [-0.15, -0.1) is 0 Å². The number of Topliss-reactive ketones (excluding diaryl/α,β-unsaturated/α-hetero) is 1. The Morgan fingerprint density at radius 2 is 2.39 bits per heavy atom. The van der Waals surface area contributed by atoms with Crippen LogP contribution in [0.4, 0.5) is 0 Å². The van der Waals surface area contributed by atoms with E-state index in [9.17, 15) is 9.59 Å². The van der Waals surface area contributed by atoms with Gasteiger partial charge in [0.15, 0.2) is 5.78 Å². The summed E-state index contributed by atoms with van der Waals surface area (Å²) in [5.41, 5.74) is 1.36. The average Bonchev–Trinajstić information content (AvgIpc) is 2.39. The predicted molar refractivity (Wildman–Crippen MR) is 74.8 cm³/mol. The van der Waals surface area contributed by atoms with E-state index in [1.54, 1.807) is 19.2 Å². The summed E-state index contributed by atoms with van der Waals surface area (Å²) in [6.07, 6.45) is 2.16. The molecule has 0 bridgehead atoms. The third-order valence-electron chi connectivity index (χ3n) is 3.14. The molecule has 1 aliphatic rings. The zero-order valence-electron chi connectivity index (χ0n) is 10.1. The number of nitrogens with zero attached hydrogens (tertiary/aromatic N) is 1. The molecule has 18 heavy (non-hydrogen) atoms. The highest BCUT2D eigenvalue weighted by atomic mass is 127. The molecule has 0 aromatic carbocycles. The second-order valence-electron chi connectivity index (χ2n) is 4.20. The lowest BCUT2D eigenvalue weighted by molar-refractivity contribution is -0.149. The number of hydrogen-bond donors (Lipinski definition) is 0. The second-order valence-corrected chi connectivity index (χ2v) is 5.08. The number of fused-ring (bicyclic) bond motifs is 1. The first kappa shape index (κ1) is 13.5. The number of pyridine rings is 1. The van der Waals surface area contributed by atoms with Crippen molar-refractivity contribution in [2.75, 3.05) is 11.0 Å². The summed E-state index contributed by atoms with van der Waals surface area (Å²) in [5.74, 6) is -0.996. The second kappa shape index (κ2) is 5.77. The highest BCUT2D eigenvalue weighted by Crippen LogP contribution is 2.31. The molecule has 1 heterocycles. The molecule has 2 unspecified atom stereocenters. The molecular weight excluding hydrogens is 345 g/mol. The summed E-state index contributed by atoms with van der Waals surface area (Å²) in [6, 6.07) is 3.65. The molecule has 2 rings (SSSR count). The van der Waals surface area contributed by atoms with Crippen LogP contribution in [0.1, 0.15) is 23.0 Å². The number of halogens is 1. The normalized spacial score (nSPS) is 22.4. The number of hydrogen-bond acceptors (Lipinski definition) is 4. The predicted octanol–water partition coefficient (Wildman–Crippen LogP) is 2.05. The zero-order chi connectivity index (χ0) is 13.1. The van der Waals surface area contributed by atoms with E-state index >= 15 is 0 Å². The van der Waals surface area contributed by atoms with Gasteiger partial charge in [-0.3, -0.25) is 14.6 Å². The fourth-order valence-corrected chi connectivity index (χ4v) is 3.25. The molecule has 0 N–H and O–H groups in total. The summed E-state index contributed by atoms with van der Waals surface area (Å²) in [5, 5.41) is 0. The van der Waals surface area contributed by atoms with Gasteiger partial charge in [-0.2, -0.15) is 0 Å². The van der Waals surface area contributed by atoms with Crippen molar-refractivity contribution in [1.82, 2.24) is 4.98 Å². The van der Waals surface area contributed by atoms with E-state index in [0.717, 1.165) is 5.56 Å². The van der Waals surface area contributed by atoms with E-state index in [0.29, 0.717) is 23.1 Å². The molecule has 0 fully saturated rings. The van der Waals surface area contributed by atoms with E-state index in [4.69, 9.17) is 4.74 Å². The summed E-state index contributed by atoms with van der Waals surface area (Å²) < 4.78 is 5.67. The van der Waals surface area contributed by atoms with Crippen molar-refractivity contribution in [3.05, 3.63) is 29.6 Å². The molecule has 1 aromatic heterocycles. The molecule has 2 atom stereocenters. The Labute approximate surface area is 119 Å². The van der Waals surface area contributed by atoms with Crippen molar-refractivity contribution in [2.45, 2.75) is 13.3 Å². The van der Waals surface area contributed by atoms with Crippen LogP contribution in [0.5, 0.6) is 0 Å². The first-order valence-corrected chi connectivity index (χ1v) is 7.42. The molecular formula is C13H14INO3. The Balaban J connectivity index is 2.34. The molecule has 1 aliphatic carbocycles. The Kier molecular flexibility index (Phi) is 4.31. The SMILES string of the molecule is CCOC(=O)C1Cc2cccnc2C(=O)C1CI. The monoisotopic (exact) mass is 359 g/mol. The molecule has 96 valence electrons. The van der Waals surface area contributed by atoms with Crippen LogP contribution in [0.3, 0.4) is 0 Å². The van der Waals surface area contributed by atoms with Crippen LogP contribution in [0.2, 0.25) is 0 Å². The number of carbonyl (C=O) groups excluding carboxylic acids is 2. The molecule has 4 nitrogen and oxygen atoms in total. The lowest BCUT2D eigenvalue weighted by Gasteiger charge is -2.28. The van der Waals surface area contributed by atoms with Crippen LogP contribution in [0.25, 0.3) is 0 Å². The van der Waals surface area contributed by atoms with Crippen LogP contribution in [-0.4, -0.2) is 27.8 Å². The van der Waals surface area contributed by atoms with Crippen molar-refractivity contribution in [3.8, 4) is 0 Å². The Morgan fingerprint density at radius 3 is 3.06 bits per heavy atom. The Morgan fingerprint density at radius 1 is 1.61 bits per heavy atom. The van der Waals surface area contributed by atoms with Gasteiger partial charge in [0.25, 0.3) is 0 Å². The average molecular weight is 359 g/mol. The molecule has 5 heteroatoms. The van der Waals surface area contributed by atoms with E-state index in [-0.39, 0.29) is 23.6 Å². The fraction of sp³-hybridized carbons (Fsp3) is 0.462. The van der Waals surface area contributed by atoms with Crippen LogP contribution in [0, 0.1) is 11.8 Å². The van der Waals surface area contributed by atoms with Crippen molar-refractivity contribution in [1.29, 1.82) is 0 Å². The van der Waals surface area contributed by atoms with Crippen LogP contribution in [-0.2, 0) is 16.0 Å². The zero-order valence-corrected chi connectivity index (χ0v) is 12.2. The van der Waals surface area contributed by atoms with Crippen molar-refractivity contribution < 1.29 is 14.3 Å². The summed E-state index contributed by atoms with van der Waals surface area (Å²) >= 11 is 2.14. The minimum atomic E-state index is -0.369. The molecule has 0 saturated carbocycles. The molecule has 0 aliphatic heterocycles. The van der Waals surface area contributed by atoms with Gasteiger partial charge in [-0.05, 0) is 25.0 Å². The van der Waals surface area contributed by atoms with Gasteiger partial charge in [0.1, 0.15) is 5.69 Å². The minimum absolute atomic E-state index is 0.0377.